The summed E-state index contributed by atoms with van der Waals surface area (Å²) in [5.41, 5.74) is 10.7. The Bertz CT molecular complexity index is 580. The third-order valence-electron chi connectivity index (χ3n) is 3.36. The highest BCUT2D eigenvalue weighted by Crippen LogP contribution is 2.34. The number of nitrogens with two attached hydrogens (primary N) is 1. The molecule has 3 heteroatoms. The van der Waals surface area contributed by atoms with E-state index in [4.69, 9.17) is 10.5 Å². The van der Waals surface area contributed by atoms with E-state index in [9.17, 15) is 0 Å². The number of hydrogen-bond acceptors (Lipinski definition) is 3. The summed E-state index contributed by atoms with van der Waals surface area (Å²) in [4.78, 5) is 4.20. The van der Waals surface area contributed by atoms with Crippen molar-refractivity contribution in [2.45, 2.75) is 19.4 Å². The Hall–Kier alpha value is -1.87. The number of benzene rings is 1. The number of hydrogen-bond donors (Lipinski definition) is 1. The molecule has 1 atom stereocenters. The molecule has 0 amide bonds. The Morgan fingerprint density at radius 2 is 2.22 bits per heavy atom. The molecule has 1 aromatic carbocycles. The van der Waals surface area contributed by atoms with Gasteiger partial charge in [0.1, 0.15) is 5.75 Å². The van der Waals surface area contributed by atoms with Gasteiger partial charge >= 0.3 is 0 Å². The van der Waals surface area contributed by atoms with Crippen molar-refractivity contribution in [1.29, 1.82) is 0 Å². The van der Waals surface area contributed by atoms with Gasteiger partial charge in [-0.25, -0.2) is 0 Å². The van der Waals surface area contributed by atoms with Gasteiger partial charge in [-0.1, -0.05) is 18.2 Å². The van der Waals surface area contributed by atoms with Crippen LogP contribution >= 0.6 is 0 Å². The normalized spacial score (nSPS) is 15.0. The van der Waals surface area contributed by atoms with E-state index in [-0.39, 0.29) is 6.04 Å². The monoisotopic (exact) mass is 240 g/mol. The van der Waals surface area contributed by atoms with Crippen LogP contribution in [0.25, 0.3) is 0 Å². The lowest BCUT2D eigenvalue weighted by Gasteiger charge is -2.16. The number of aryl methyl sites for hydroxylation is 1. The zero-order valence-corrected chi connectivity index (χ0v) is 10.4. The molecule has 3 rings (SSSR count). The molecule has 2 aromatic rings. The quantitative estimate of drug-likeness (QED) is 0.876. The highest BCUT2D eigenvalue weighted by molar-refractivity contribution is 5.48. The fourth-order valence-corrected chi connectivity index (χ4v) is 2.43. The van der Waals surface area contributed by atoms with Crippen molar-refractivity contribution in [2.24, 2.45) is 5.73 Å². The fourth-order valence-electron chi connectivity index (χ4n) is 2.43. The van der Waals surface area contributed by atoms with Crippen molar-refractivity contribution in [3.63, 3.8) is 0 Å². The molecule has 0 saturated carbocycles. The maximum absolute atomic E-state index is 6.35. The van der Waals surface area contributed by atoms with Crippen LogP contribution in [0.3, 0.4) is 0 Å². The molecule has 0 saturated heterocycles. The highest BCUT2D eigenvalue weighted by atomic mass is 16.5. The Morgan fingerprint density at radius 1 is 1.33 bits per heavy atom. The van der Waals surface area contributed by atoms with Gasteiger partial charge in [0.05, 0.1) is 12.6 Å². The van der Waals surface area contributed by atoms with Gasteiger partial charge in [0, 0.05) is 23.9 Å². The molecule has 0 aliphatic carbocycles. The van der Waals surface area contributed by atoms with Crippen molar-refractivity contribution in [3.8, 4) is 5.75 Å². The summed E-state index contributed by atoms with van der Waals surface area (Å²) in [6, 6.07) is 10.0. The van der Waals surface area contributed by atoms with Crippen LogP contribution in [0, 0.1) is 6.92 Å². The van der Waals surface area contributed by atoms with Crippen LogP contribution < -0.4 is 10.5 Å². The molecule has 92 valence electrons. The maximum atomic E-state index is 6.35. The minimum absolute atomic E-state index is 0.153. The standard InChI is InChI=1S/C15H16N2O/c1-10-9-12(5-7-17-10)14(16)13-4-2-3-11-6-8-18-15(11)13/h2-5,7,9,14H,6,8,16H2,1H3. The molecule has 1 unspecified atom stereocenters. The van der Waals surface area contributed by atoms with Crippen molar-refractivity contribution in [2.75, 3.05) is 6.61 Å². The zero-order chi connectivity index (χ0) is 12.5. The number of ether oxygens (including phenoxy) is 1. The average molecular weight is 240 g/mol. The van der Waals surface area contributed by atoms with Crippen LogP contribution in [0.4, 0.5) is 0 Å². The van der Waals surface area contributed by atoms with Crippen molar-refractivity contribution < 1.29 is 4.74 Å². The van der Waals surface area contributed by atoms with Crippen LogP contribution in [-0.4, -0.2) is 11.6 Å². The van der Waals surface area contributed by atoms with Crippen LogP contribution in [0.5, 0.6) is 5.75 Å². The van der Waals surface area contributed by atoms with Crippen molar-refractivity contribution in [3.05, 3.63) is 58.9 Å². The summed E-state index contributed by atoms with van der Waals surface area (Å²) in [6.07, 6.45) is 2.78. The lowest BCUT2D eigenvalue weighted by atomic mass is 9.97. The van der Waals surface area contributed by atoms with E-state index in [0.29, 0.717) is 0 Å². The molecular weight excluding hydrogens is 224 g/mol. The Morgan fingerprint density at radius 3 is 3.06 bits per heavy atom. The summed E-state index contributed by atoms with van der Waals surface area (Å²) in [5.74, 6) is 0.972. The van der Waals surface area contributed by atoms with Crippen molar-refractivity contribution >= 4 is 0 Å². The lowest BCUT2D eigenvalue weighted by Crippen LogP contribution is -2.13. The molecule has 1 aromatic heterocycles. The van der Waals surface area contributed by atoms with E-state index in [0.717, 1.165) is 35.6 Å². The molecule has 0 bridgehead atoms. The van der Waals surface area contributed by atoms with Crippen molar-refractivity contribution in [1.82, 2.24) is 4.98 Å². The third-order valence-corrected chi connectivity index (χ3v) is 3.36. The molecule has 0 radical (unpaired) electrons. The molecule has 3 nitrogen and oxygen atoms in total. The Balaban J connectivity index is 2.03. The summed E-state index contributed by atoms with van der Waals surface area (Å²) < 4.78 is 5.71. The first kappa shape index (κ1) is 11.2. The summed E-state index contributed by atoms with van der Waals surface area (Å²) >= 11 is 0. The molecule has 1 aliphatic rings. The highest BCUT2D eigenvalue weighted by Gasteiger charge is 2.20. The van der Waals surface area contributed by atoms with Crippen LogP contribution in [0.2, 0.25) is 0 Å². The number of para-hydroxylation sites is 1. The minimum atomic E-state index is -0.153. The SMILES string of the molecule is Cc1cc(C(N)c2cccc3c2OCC3)ccn1. The minimum Gasteiger partial charge on any atom is -0.493 e. The Labute approximate surface area is 107 Å². The number of pyridine rings is 1. The largest absolute Gasteiger partial charge is 0.493 e. The second-order valence-corrected chi connectivity index (χ2v) is 4.64. The van der Waals surface area contributed by atoms with Gasteiger partial charge in [-0.2, -0.15) is 0 Å². The average Bonchev–Trinajstić information content (AvgIpc) is 2.86. The van der Waals surface area contributed by atoms with E-state index in [2.05, 4.69) is 17.1 Å². The fraction of sp³-hybridized carbons (Fsp3) is 0.267. The number of nitrogens with zero attached hydrogens (tertiary/aromatic N) is 1. The smallest absolute Gasteiger partial charge is 0.127 e. The molecule has 0 spiro atoms. The molecular formula is C15H16N2O. The van der Waals surface area contributed by atoms with E-state index >= 15 is 0 Å². The number of rotatable bonds is 2. The predicted octanol–water partition coefficient (Wildman–Crippen LogP) is 2.37. The summed E-state index contributed by atoms with van der Waals surface area (Å²) in [7, 11) is 0. The molecule has 2 N–H and O–H groups in total. The first-order valence-electron chi connectivity index (χ1n) is 6.18. The van der Waals surface area contributed by atoms with E-state index < -0.39 is 0 Å². The van der Waals surface area contributed by atoms with E-state index in [1.807, 2.05) is 25.1 Å². The van der Waals surface area contributed by atoms with Gasteiger partial charge in [-0.15, -0.1) is 0 Å². The van der Waals surface area contributed by atoms with E-state index in [1.165, 1.54) is 5.56 Å². The van der Waals surface area contributed by atoms with Gasteiger partial charge in [0.15, 0.2) is 0 Å². The summed E-state index contributed by atoms with van der Waals surface area (Å²) in [6.45, 7) is 2.73. The van der Waals surface area contributed by atoms with Crippen LogP contribution in [0.1, 0.15) is 28.4 Å². The first-order chi connectivity index (χ1) is 8.75. The zero-order valence-electron chi connectivity index (χ0n) is 10.4. The second kappa shape index (κ2) is 4.42. The summed E-state index contributed by atoms with van der Waals surface area (Å²) in [5, 5.41) is 0. The predicted molar refractivity (Wildman–Crippen MR) is 70.6 cm³/mol. The van der Waals surface area contributed by atoms with Gasteiger partial charge < -0.3 is 10.5 Å². The van der Waals surface area contributed by atoms with Crippen LogP contribution in [0.15, 0.2) is 36.5 Å². The first-order valence-corrected chi connectivity index (χ1v) is 6.18. The number of aromatic nitrogens is 1. The Kier molecular flexibility index (Phi) is 2.76. The maximum Gasteiger partial charge on any atom is 0.127 e. The van der Waals surface area contributed by atoms with E-state index in [1.54, 1.807) is 6.20 Å². The van der Waals surface area contributed by atoms with Gasteiger partial charge in [-0.05, 0) is 30.2 Å². The topological polar surface area (TPSA) is 48.1 Å². The second-order valence-electron chi connectivity index (χ2n) is 4.64. The number of fused-ring (bicyclic) bond motifs is 1. The van der Waals surface area contributed by atoms with Gasteiger partial charge in [0.25, 0.3) is 0 Å². The molecule has 1 aliphatic heterocycles. The third kappa shape index (κ3) is 1.87. The lowest BCUT2D eigenvalue weighted by molar-refractivity contribution is 0.352. The van der Waals surface area contributed by atoms with Gasteiger partial charge in [0.2, 0.25) is 0 Å². The molecule has 2 heterocycles. The van der Waals surface area contributed by atoms with Gasteiger partial charge in [-0.3, -0.25) is 4.98 Å². The molecule has 0 fully saturated rings. The molecule has 18 heavy (non-hydrogen) atoms. The van der Waals surface area contributed by atoms with Crippen LogP contribution in [-0.2, 0) is 6.42 Å².